The number of ether oxygens (including phenoxy) is 3. The zero-order valence-electron chi connectivity index (χ0n) is 14.8. The number of phosphoric acid groups is 3. The van der Waals surface area contributed by atoms with Gasteiger partial charge in [0.05, 0.1) is 18.8 Å². The molecule has 28 heavy (non-hydrogen) atoms. The van der Waals surface area contributed by atoms with Gasteiger partial charge >= 0.3 is 23.5 Å². The van der Waals surface area contributed by atoms with Crippen LogP contribution in [0.5, 0.6) is 0 Å². The van der Waals surface area contributed by atoms with Gasteiger partial charge in [-0.3, -0.25) is 4.52 Å². The Morgan fingerprint density at radius 3 is 2.32 bits per heavy atom. The minimum atomic E-state index is -5.58. The van der Waals surface area contributed by atoms with Crippen LogP contribution >= 0.6 is 23.5 Å². The van der Waals surface area contributed by atoms with E-state index in [1.807, 2.05) is 6.92 Å². The first-order valence-electron chi connectivity index (χ1n) is 8.25. The van der Waals surface area contributed by atoms with Gasteiger partial charge in [-0.2, -0.15) is 8.62 Å². The van der Waals surface area contributed by atoms with Crippen LogP contribution in [-0.4, -0.2) is 64.6 Å². The zero-order chi connectivity index (χ0) is 21.2. The summed E-state index contributed by atoms with van der Waals surface area (Å²) in [4.78, 5) is 35.6. The van der Waals surface area contributed by atoms with Crippen LogP contribution in [0.2, 0.25) is 0 Å². The molecule has 13 nitrogen and oxygen atoms in total. The molecule has 0 saturated carbocycles. The monoisotopic (exact) mass is 466 g/mol. The Labute approximate surface area is 162 Å². The van der Waals surface area contributed by atoms with Gasteiger partial charge in [-0.05, 0) is 32.6 Å². The van der Waals surface area contributed by atoms with Gasteiger partial charge in [-0.25, -0.2) is 13.7 Å². The molecule has 2 saturated heterocycles. The molecular formula is C11H22BO13P3. The first kappa shape index (κ1) is 24.6. The first-order chi connectivity index (χ1) is 12.7. The molecule has 2 aliphatic rings. The molecule has 4 N–H and O–H groups in total. The van der Waals surface area contributed by atoms with Crippen LogP contribution in [0.25, 0.3) is 0 Å². The van der Waals surface area contributed by atoms with E-state index in [0.717, 1.165) is 12.8 Å². The minimum absolute atomic E-state index is 0.0169. The lowest BCUT2D eigenvalue weighted by atomic mass is 9.96. The maximum Gasteiger partial charge on any atom is 0.490 e. The van der Waals surface area contributed by atoms with Crippen molar-refractivity contribution in [2.45, 2.75) is 63.2 Å². The summed E-state index contributed by atoms with van der Waals surface area (Å²) in [6.45, 7) is 1.28. The molecule has 0 bridgehead atoms. The third kappa shape index (κ3) is 8.61. The van der Waals surface area contributed by atoms with Gasteiger partial charge in [-0.15, -0.1) is 0 Å². The van der Waals surface area contributed by atoms with E-state index < -0.39 is 54.6 Å². The normalized spacial score (nSPS) is 36.0. The van der Waals surface area contributed by atoms with Crippen LogP contribution in [-0.2, 0) is 41.1 Å². The van der Waals surface area contributed by atoms with Gasteiger partial charge in [0.1, 0.15) is 14.0 Å². The molecule has 2 radical (unpaired) electrons. The van der Waals surface area contributed by atoms with E-state index in [4.69, 9.17) is 36.7 Å². The maximum absolute atomic E-state index is 11.8. The lowest BCUT2D eigenvalue weighted by molar-refractivity contribution is -0.219. The van der Waals surface area contributed by atoms with Crippen molar-refractivity contribution in [1.82, 2.24) is 0 Å². The molecule has 2 fully saturated rings. The third-order valence-corrected chi connectivity index (χ3v) is 7.61. The number of phosphoric ester groups is 1. The van der Waals surface area contributed by atoms with Crippen LogP contribution in [0, 0.1) is 0 Å². The van der Waals surface area contributed by atoms with Gasteiger partial charge in [0, 0.05) is 6.00 Å². The molecule has 0 aromatic rings. The Balaban J connectivity index is 1.90. The van der Waals surface area contributed by atoms with Crippen molar-refractivity contribution in [3.05, 3.63) is 0 Å². The fraction of sp³-hybridized carbons (Fsp3) is 1.00. The summed E-state index contributed by atoms with van der Waals surface area (Å²) in [6, 6.07) is -0.736. The lowest BCUT2D eigenvalue weighted by Gasteiger charge is -2.31. The smallest absolute Gasteiger partial charge is 0.380 e. The molecule has 0 spiro atoms. The van der Waals surface area contributed by atoms with Crippen LogP contribution in [0.3, 0.4) is 0 Å². The molecule has 2 aliphatic heterocycles. The van der Waals surface area contributed by atoms with Gasteiger partial charge in [0.25, 0.3) is 0 Å². The summed E-state index contributed by atoms with van der Waals surface area (Å²) in [5.41, 5.74) is 0. The molecule has 7 unspecified atom stereocenters. The third-order valence-electron chi connectivity index (χ3n) is 3.81. The maximum atomic E-state index is 11.8. The number of hydrogen-bond acceptors (Lipinski definition) is 9. The van der Waals surface area contributed by atoms with E-state index in [9.17, 15) is 18.6 Å². The Morgan fingerprint density at radius 2 is 1.71 bits per heavy atom. The summed E-state index contributed by atoms with van der Waals surface area (Å²) in [5.74, 6) is 0. The Morgan fingerprint density at radius 1 is 1.04 bits per heavy atom. The predicted molar refractivity (Wildman–Crippen MR) is 91.9 cm³/mol. The molecule has 2 heterocycles. The average molecular weight is 466 g/mol. The average Bonchev–Trinajstić information content (AvgIpc) is 2.81. The number of rotatable bonds is 9. The van der Waals surface area contributed by atoms with E-state index in [1.54, 1.807) is 0 Å². The molecule has 0 amide bonds. The fourth-order valence-corrected chi connectivity index (χ4v) is 5.80. The Hall–Kier alpha value is 0.355. The Bertz CT molecular complexity index is 670. The molecule has 162 valence electrons. The van der Waals surface area contributed by atoms with Crippen LogP contribution in [0.1, 0.15) is 32.6 Å². The van der Waals surface area contributed by atoms with Gasteiger partial charge in [0.15, 0.2) is 6.29 Å². The van der Waals surface area contributed by atoms with Gasteiger partial charge in [0.2, 0.25) is 0 Å². The lowest BCUT2D eigenvalue weighted by Crippen LogP contribution is -2.36. The molecule has 0 aromatic heterocycles. The summed E-state index contributed by atoms with van der Waals surface area (Å²) in [5, 5.41) is 0. The molecule has 7 atom stereocenters. The van der Waals surface area contributed by atoms with E-state index >= 15 is 0 Å². The standard InChI is InChI=1S/C11H22BO13P3/c1-7-3-2-4-11(21-7)23-8-5-10(12)22-9(8)6-20-27(16,17)25-28(18,19)24-26(13,14)15/h7-11H,2-6H2,1H3,(H,16,17)(H,18,19)(H2,13,14,15). The van der Waals surface area contributed by atoms with E-state index in [0.29, 0.717) is 6.42 Å². The van der Waals surface area contributed by atoms with E-state index in [2.05, 4.69) is 13.1 Å². The second-order valence-corrected chi connectivity index (χ2v) is 10.7. The highest BCUT2D eigenvalue weighted by atomic mass is 31.3. The molecule has 2 rings (SSSR count). The predicted octanol–water partition coefficient (Wildman–Crippen LogP) is 0.913. The summed E-state index contributed by atoms with van der Waals surface area (Å²) in [7, 11) is -10.6. The molecule has 0 aliphatic carbocycles. The van der Waals surface area contributed by atoms with Gasteiger partial charge in [-0.1, -0.05) is 0 Å². The topological polar surface area (TPSA) is 188 Å². The van der Waals surface area contributed by atoms with Crippen LogP contribution in [0.4, 0.5) is 0 Å². The summed E-state index contributed by atoms with van der Waals surface area (Å²) >= 11 is 0. The van der Waals surface area contributed by atoms with Gasteiger partial charge < -0.3 is 33.8 Å². The Kier molecular flexibility index (Phi) is 8.49. The van der Waals surface area contributed by atoms with Crippen molar-refractivity contribution in [3.8, 4) is 0 Å². The highest BCUT2D eigenvalue weighted by Gasteiger charge is 2.43. The number of hydrogen-bond donors (Lipinski definition) is 4. The van der Waals surface area contributed by atoms with Crippen molar-refractivity contribution < 1.29 is 60.6 Å². The SMILES string of the molecule is [B]C1CC(OC2CCCC(C)O2)C(COP(=O)(O)OP(=O)(O)OP(=O)(O)O)O1. The fourth-order valence-electron chi connectivity index (χ4n) is 2.77. The van der Waals surface area contributed by atoms with Crippen molar-refractivity contribution in [2.75, 3.05) is 6.61 Å². The van der Waals surface area contributed by atoms with Crippen molar-refractivity contribution in [1.29, 1.82) is 0 Å². The largest absolute Gasteiger partial charge is 0.490 e. The van der Waals surface area contributed by atoms with E-state index in [1.165, 1.54) is 0 Å². The van der Waals surface area contributed by atoms with E-state index in [-0.39, 0.29) is 12.5 Å². The summed E-state index contributed by atoms with van der Waals surface area (Å²) in [6.07, 6.45) is 0.656. The van der Waals surface area contributed by atoms with Crippen LogP contribution < -0.4 is 0 Å². The molecule has 17 heteroatoms. The molecular weight excluding hydrogens is 444 g/mol. The second-order valence-electron chi connectivity index (χ2n) is 6.32. The van der Waals surface area contributed by atoms with Crippen LogP contribution in [0.15, 0.2) is 0 Å². The van der Waals surface area contributed by atoms with Crippen molar-refractivity contribution >= 4 is 31.3 Å². The van der Waals surface area contributed by atoms with Crippen molar-refractivity contribution in [2.24, 2.45) is 0 Å². The zero-order valence-corrected chi connectivity index (χ0v) is 17.5. The minimum Gasteiger partial charge on any atom is -0.380 e. The van der Waals surface area contributed by atoms with Crippen molar-refractivity contribution in [3.63, 3.8) is 0 Å². The quantitative estimate of drug-likeness (QED) is 0.278. The first-order valence-corrected chi connectivity index (χ1v) is 12.8. The summed E-state index contributed by atoms with van der Waals surface area (Å²) < 4.78 is 62.3. The molecule has 0 aromatic carbocycles. The highest BCUT2D eigenvalue weighted by molar-refractivity contribution is 7.66. The highest BCUT2D eigenvalue weighted by Crippen LogP contribution is 2.66. The second kappa shape index (κ2) is 9.66.